The van der Waals surface area contributed by atoms with Crippen LogP contribution in [-0.2, 0) is 4.79 Å². The van der Waals surface area contributed by atoms with E-state index in [1.807, 2.05) is 26.2 Å². The maximum absolute atomic E-state index is 13.9. The zero-order chi connectivity index (χ0) is 26.9. The topological polar surface area (TPSA) is 67.7 Å². The first-order valence-corrected chi connectivity index (χ1v) is 13.3. The minimum Gasteiger partial charge on any atom is -0.436 e. The van der Waals surface area contributed by atoms with Crippen molar-refractivity contribution in [2.24, 2.45) is 4.99 Å². The van der Waals surface area contributed by atoms with Crippen LogP contribution in [0.3, 0.4) is 0 Å². The van der Waals surface area contributed by atoms with Gasteiger partial charge in [-0.15, -0.1) is 0 Å². The predicted molar refractivity (Wildman–Crippen MR) is 150 cm³/mol. The second-order valence-corrected chi connectivity index (χ2v) is 10.1. The molecule has 2 aliphatic rings. The minimum atomic E-state index is -0.461. The molecule has 0 unspecified atom stereocenters. The summed E-state index contributed by atoms with van der Waals surface area (Å²) in [5.41, 5.74) is 6.32. The van der Waals surface area contributed by atoms with Crippen LogP contribution >= 0.6 is 0 Å². The van der Waals surface area contributed by atoms with Gasteiger partial charge in [0.15, 0.2) is 17.3 Å². The van der Waals surface area contributed by atoms with Gasteiger partial charge in [0.1, 0.15) is 5.71 Å². The van der Waals surface area contributed by atoms with Crippen LogP contribution in [0.4, 0.5) is 10.1 Å². The van der Waals surface area contributed by atoms with E-state index >= 15 is 0 Å². The molecule has 4 aromatic rings. The molecule has 6 nitrogen and oxygen atoms in total. The van der Waals surface area contributed by atoms with Crippen molar-refractivity contribution >= 4 is 17.2 Å². The average Bonchev–Trinajstić information content (AvgIpc) is 3.62. The first kappa shape index (κ1) is 24.9. The van der Waals surface area contributed by atoms with E-state index in [0.29, 0.717) is 5.71 Å². The molecule has 2 aromatic carbocycles. The second kappa shape index (κ2) is 10.4. The van der Waals surface area contributed by atoms with Crippen LogP contribution in [0.5, 0.6) is 11.6 Å². The minimum absolute atomic E-state index is 0.0636. The Balaban J connectivity index is 1.23. The number of hydrogen-bond donors (Lipinski definition) is 0. The van der Waals surface area contributed by atoms with Crippen molar-refractivity contribution in [2.45, 2.75) is 38.6 Å². The first-order valence-electron chi connectivity index (χ1n) is 13.3. The average molecular weight is 521 g/mol. The van der Waals surface area contributed by atoms with Gasteiger partial charge in [-0.05, 0) is 60.7 Å². The smallest absolute Gasteiger partial charge is 0.219 e. The normalized spacial score (nSPS) is 17.1. The molecule has 6 rings (SSSR count). The molecule has 0 radical (unpaired) electrons. The zero-order valence-corrected chi connectivity index (χ0v) is 22.0. The Hall–Kier alpha value is -4.39. The van der Waals surface area contributed by atoms with E-state index in [1.54, 1.807) is 36.5 Å². The summed E-state index contributed by atoms with van der Waals surface area (Å²) in [6, 6.07) is 17.9. The number of anilines is 1. The quantitative estimate of drug-likeness (QED) is 0.265. The highest BCUT2D eigenvalue weighted by molar-refractivity contribution is 6.48. The van der Waals surface area contributed by atoms with Gasteiger partial charge < -0.3 is 9.64 Å². The SMILES string of the molecule is C[C@@H]1N=C(C(=O)[C@H](C)c2ccc(Oc3ccccc3F)nc2)c2cc(-c3cncc(N4CCCC4)c3)ccc21. The van der Waals surface area contributed by atoms with Crippen LogP contribution < -0.4 is 9.64 Å². The molecule has 7 heteroatoms. The van der Waals surface area contributed by atoms with Crippen molar-refractivity contribution in [3.63, 3.8) is 0 Å². The van der Waals surface area contributed by atoms with Gasteiger partial charge in [0.25, 0.3) is 0 Å². The molecule has 0 amide bonds. The van der Waals surface area contributed by atoms with Crippen molar-refractivity contribution in [1.82, 2.24) is 9.97 Å². The van der Waals surface area contributed by atoms with Gasteiger partial charge in [-0.2, -0.15) is 0 Å². The van der Waals surface area contributed by atoms with E-state index in [9.17, 15) is 9.18 Å². The number of ketones is 1. The number of Topliss-reactive ketones (excluding diaryl/α,β-unsaturated/α-hetero) is 1. The molecule has 2 aliphatic heterocycles. The molecule has 1 saturated heterocycles. The number of pyridine rings is 2. The Bertz CT molecular complexity index is 1560. The third kappa shape index (κ3) is 4.92. The molecule has 2 atom stereocenters. The summed E-state index contributed by atoms with van der Waals surface area (Å²) in [4.78, 5) is 29.6. The van der Waals surface area contributed by atoms with E-state index in [-0.39, 0.29) is 23.5 Å². The number of carbonyl (C=O) groups is 1. The molecule has 0 N–H and O–H groups in total. The van der Waals surface area contributed by atoms with Gasteiger partial charge in [0.2, 0.25) is 5.88 Å². The number of aromatic nitrogens is 2. The zero-order valence-electron chi connectivity index (χ0n) is 22.0. The summed E-state index contributed by atoms with van der Waals surface area (Å²) < 4.78 is 19.5. The summed E-state index contributed by atoms with van der Waals surface area (Å²) in [6.45, 7) is 5.98. The molecule has 39 heavy (non-hydrogen) atoms. The number of benzene rings is 2. The number of carbonyl (C=O) groups excluding carboxylic acids is 1. The van der Waals surface area contributed by atoms with Crippen LogP contribution in [0.15, 0.2) is 84.2 Å². The number of rotatable bonds is 7. The Labute approximate surface area is 227 Å². The fraction of sp³-hybridized carbons (Fsp3) is 0.250. The maximum Gasteiger partial charge on any atom is 0.219 e. The number of halogens is 1. The highest BCUT2D eigenvalue weighted by Crippen LogP contribution is 2.36. The monoisotopic (exact) mass is 520 g/mol. The number of hydrogen-bond acceptors (Lipinski definition) is 6. The van der Waals surface area contributed by atoms with E-state index in [4.69, 9.17) is 9.73 Å². The van der Waals surface area contributed by atoms with Gasteiger partial charge in [0, 0.05) is 48.6 Å². The third-order valence-corrected chi connectivity index (χ3v) is 7.55. The Kier molecular flexibility index (Phi) is 6.65. The molecular weight excluding hydrogens is 491 g/mol. The summed E-state index contributed by atoms with van der Waals surface area (Å²) in [5, 5.41) is 0. The van der Waals surface area contributed by atoms with Crippen molar-refractivity contribution in [3.8, 4) is 22.8 Å². The number of para-hydroxylation sites is 1. The fourth-order valence-corrected chi connectivity index (χ4v) is 5.27. The van der Waals surface area contributed by atoms with E-state index in [1.165, 1.54) is 18.9 Å². The summed E-state index contributed by atoms with van der Waals surface area (Å²) >= 11 is 0. The maximum atomic E-state index is 13.9. The van der Waals surface area contributed by atoms with Crippen LogP contribution in [0.25, 0.3) is 11.1 Å². The number of fused-ring (bicyclic) bond motifs is 1. The molecule has 196 valence electrons. The van der Waals surface area contributed by atoms with E-state index in [0.717, 1.165) is 46.6 Å². The lowest BCUT2D eigenvalue weighted by atomic mass is 9.90. The molecule has 0 saturated carbocycles. The highest BCUT2D eigenvalue weighted by Gasteiger charge is 2.30. The largest absolute Gasteiger partial charge is 0.436 e. The van der Waals surface area contributed by atoms with E-state index in [2.05, 4.69) is 39.1 Å². The second-order valence-electron chi connectivity index (χ2n) is 10.1. The molecule has 2 aromatic heterocycles. The lowest BCUT2D eigenvalue weighted by Gasteiger charge is -2.18. The standard InChI is InChI=1S/C32H29FN4O2/c1-20(23-10-12-30(35-18-23)39-29-8-4-3-7-28(29)33)32(38)31-27-16-22(9-11-26(27)21(2)36-31)24-15-25(19-34-17-24)37-13-5-6-14-37/h3-4,7-12,15-21H,5-6,13-14H2,1-2H3/t20-,21+/m1/s1. The Morgan fingerprint density at radius 1 is 1.00 bits per heavy atom. The van der Waals surface area contributed by atoms with Gasteiger partial charge in [-0.3, -0.25) is 14.8 Å². The summed E-state index contributed by atoms with van der Waals surface area (Å²) in [5.74, 6) is -0.622. The van der Waals surface area contributed by atoms with Crippen LogP contribution in [0.2, 0.25) is 0 Å². The highest BCUT2D eigenvalue weighted by atomic mass is 19.1. The van der Waals surface area contributed by atoms with Gasteiger partial charge in [-0.1, -0.05) is 37.3 Å². The van der Waals surface area contributed by atoms with Gasteiger partial charge in [-0.25, -0.2) is 9.37 Å². The van der Waals surface area contributed by atoms with Crippen molar-refractivity contribution in [3.05, 3.63) is 102 Å². The van der Waals surface area contributed by atoms with Crippen LogP contribution in [0.1, 0.15) is 55.3 Å². The van der Waals surface area contributed by atoms with Crippen LogP contribution in [-0.4, -0.2) is 34.6 Å². The molecular formula is C32H29FN4O2. The third-order valence-electron chi connectivity index (χ3n) is 7.55. The first-order chi connectivity index (χ1) is 19.0. The van der Waals surface area contributed by atoms with Crippen molar-refractivity contribution < 1.29 is 13.9 Å². The van der Waals surface area contributed by atoms with Gasteiger partial charge >= 0.3 is 0 Å². The molecule has 1 fully saturated rings. The Morgan fingerprint density at radius 3 is 2.59 bits per heavy atom. The van der Waals surface area contributed by atoms with Crippen LogP contribution in [0, 0.1) is 5.82 Å². The number of aliphatic imine (C=N–C) groups is 1. The molecule has 0 spiro atoms. The number of nitrogens with zero attached hydrogens (tertiary/aromatic N) is 4. The molecule has 0 aliphatic carbocycles. The van der Waals surface area contributed by atoms with E-state index < -0.39 is 11.7 Å². The molecule has 0 bridgehead atoms. The van der Waals surface area contributed by atoms with Crippen molar-refractivity contribution in [2.75, 3.05) is 18.0 Å². The Morgan fingerprint density at radius 2 is 1.82 bits per heavy atom. The van der Waals surface area contributed by atoms with Crippen molar-refractivity contribution in [1.29, 1.82) is 0 Å². The lowest BCUT2D eigenvalue weighted by Crippen LogP contribution is -2.20. The molecule has 4 heterocycles. The van der Waals surface area contributed by atoms with Gasteiger partial charge in [0.05, 0.1) is 17.9 Å². The number of ether oxygens (including phenoxy) is 1. The summed E-state index contributed by atoms with van der Waals surface area (Å²) in [7, 11) is 0. The summed E-state index contributed by atoms with van der Waals surface area (Å²) in [6.07, 6.45) is 7.81. The predicted octanol–water partition coefficient (Wildman–Crippen LogP) is 6.91. The lowest BCUT2D eigenvalue weighted by molar-refractivity contribution is -0.113. The fourth-order valence-electron chi connectivity index (χ4n) is 5.27.